The summed E-state index contributed by atoms with van der Waals surface area (Å²) in [6, 6.07) is 11.5. The zero-order valence-electron chi connectivity index (χ0n) is 17.0. The molecule has 2 amide bonds. The number of carbonyl (C=O) groups is 3. The first kappa shape index (κ1) is 20.4. The Morgan fingerprint density at radius 3 is 2.48 bits per heavy atom. The Kier molecular flexibility index (Phi) is 5.83. The first-order valence-corrected chi connectivity index (χ1v) is 10.0. The number of nitrogens with one attached hydrogen (secondary N) is 2. The van der Waals surface area contributed by atoms with Gasteiger partial charge < -0.3 is 10.6 Å². The molecule has 1 saturated carbocycles. The lowest BCUT2D eigenvalue weighted by molar-refractivity contribution is -0.139. The molecule has 1 aliphatic rings. The Balaban J connectivity index is 1.58. The molecule has 1 unspecified atom stereocenters. The van der Waals surface area contributed by atoms with Crippen LogP contribution in [0.2, 0.25) is 0 Å². The standard InChI is InChI=1S/C22H22N6O3/c1-14-12-18(28(27-14)22-23-10-5-11-24-22)20(30)26-17(13-15-6-3-2-4-7-15)19(29)21(31)25-16-8-9-16/h2-7,10-12,16-17H,8-9,13H2,1H3,(H,25,31)(H,26,30). The number of hydrogen-bond donors (Lipinski definition) is 2. The third-order valence-corrected chi connectivity index (χ3v) is 4.85. The van der Waals surface area contributed by atoms with E-state index in [9.17, 15) is 14.4 Å². The molecule has 158 valence electrons. The molecule has 0 aliphatic heterocycles. The SMILES string of the molecule is Cc1cc(C(=O)NC(Cc2ccccc2)C(=O)C(=O)NC2CC2)n(-c2ncccn2)n1. The summed E-state index contributed by atoms with van der Waals surface area (Å²) < 4.78 is 1.32. The maximum Gasteiger partial charge on any atom is 0.289 e. The van der Waals surface area contributed by atoms with Crippen molar-refractivity contribution < 1.29 is 14.4 Å². The van der Waals surface area contributed by atoms with Gasteiger partial charge in [0, 0.05) is 24.9 Å². The molecule has 2 heterocycles. The fraction of sp³-hybridized carbons (Fsp3) is 0.273. The number of Topliss-reactive ketones (excluding diaryl/α,β-unsaturated/α-hetero) is 1. The molecule has 2 aromatic heterocycles. The highest BCUT2D eigenvalue weighted by Crippen LogP contribution is 2.18. The van der Waals surface area contributed by atoms with Crippen LogP contribution in [0.4, 0.5) is 0 Å². The second-order valence-electron chi connectivity index (χ2n) is 7.46. The topological polar surface area (TPSA) is 119 Å². The van der Waals surface area contributed by atoms with Crippen molar-refractivity contribution in [3.63, 3.8) is 0 Å². The molecule has 4 rings (SSSR count). The average molecular weight is 418 g/mol. The van der Waals surface area contributed by atoms with Crippen molar-refractivity contribution in [1.29, 1.82) is 0 Å². The molecule has 31 heavy (non-hydrogen) atoms. The molecule has 0 spiro atoms. The van der Waals surface area contributed by atoms with Gasteiger partial charge in [-0.1, -0.05) is 30.3 Å². The Hall–Kier alpha value is -3.88. The smallest absolute Gasteiger partial charge is 0.289 e. The van der Waals surface area contributed by atoms with Crippen LogP contribution < -0.4 is 10.6 Å². The van der Waals surface area contributed by atoms with E-state index in [1.165, 1.54) is 4.68 Å². The van der Waals surface area contributed by atoms with Crippen LogP contribution in [0.1, 0.15) is 34.6 Å². The first-order valence-electron chi connectivity index (χ1n) is 10.0. The van der Waals surface area contributed by atoms with Crippen LogP contribution in [0.25, 0.3) is 5.95 Å². The Bertz CT molecular complexity index is 1090. The van der Waals surface area contributed by atoms with Crippen molar-refractivity contribution in [3.05, 3.63) is 71.8 Å². The summed E-state index contributed by atoms with van der Waals surface area (Å²) in [5.41, 5.74) is 1.60. The summed E-state index contributed by atoms with van der Waals surface area (Å²) >= 11 is 0. The van der Waals surface area contributed by atoms with Gasteiger partial charge >= 0.3 is 0 Å². The van der Waals surface area contributed by atoms with Crippen LogP contribution in [0.3, 0.4) is 0 Å². The van der Waals surface area contributed by atoms with Gasteiger partial charge in [-0.05, 0) is 37.5 Å². The highest BCUT2D eigenvalue weighted by atomic mass is 16.2. The molecule has 1 aliphatic carbocycles. The zero-order valence-corrected chi connectivity index (χ0v) is 17.0. The summed E-state index contributed by atoms with van der Waals surface area (Å²) in [7, 11) is 0. The van der Waals surface area contributed by atoms with Crippen LogP contribution >= 0.6 is 0 Å². The summed E-state index contributed by atoms with van der Waals surface area (Å²) in [4.78, 5) is 46.6. The quantitative estimate of drug-likeness (QED) is 0.530. The molecular formula is C22H22N6O3. The summed E-state index contributed by atoms with van der Waals surface area (Å²) in [6.45, 7) is 1.74. The predicted molar refractivity (Wildman–Crippen MR) is 111 cm³/mol. The highest BCUT2D eigenvalue weighted by molar-refractivity contribution is 6.38. The van der Waals surface area contributed by atoms with Crippen LogP contribution in [0.15, 0.2) is 54.9 Å². The van der Waals surface area contributed by atoms with Gasteiger partial charge in [0.15, 0.2) is 0 Å². The van der Waals surface area contributed by atoms with Gasteiger partial charge in [0.05, 0.1) is 5.69 Å². The van der Waals surface area contributed by atoms with Gasteiger partial charge in [-0.15, -0.1) is 0 Å². The number of carbonyl (C=O) groups excluding carboxylic acids is 3. The summed E-state index contributed by atoms with van der Waals surface area (Å²) in [5, 5.41) is 9.70. The van der Waals surface area contributed by atoms with Crippen molar-refractivity contribution in [1.82, 2.24) is 30.4 Å². The maximum absolute atomic E-state index is 13.1. The van der Waals surface area contributed by atoms with Crippen molar-refractivity contribution in [2.75, 3.05) is 0 Å². The zero-order chi connectivity index (χ0) is 21.8. The van der Waals surface area contributed by atoms with Gasteiger partial charge in [-0.2, -0.15) is 9.78 Å². The third kappa shape index (κ3) is 5.00. The van der Waals surface area contributed by atoms with Crippen molar-refractivity contribution in [2.45, 2.75) is 38.3 Å². The monoisotopic (exact) mass is 418 g/mol. The van der Waals surface area contributed by atoms with E-state index in [0.717, 1.165) is 18.4 Å². The average Bonchev–Trinajstić information content (AvgIpc) is 3.51. The van der Waals surface area contributed by atoms with E-state index in [1.807, 2.05) is 30.3 Å². The lowest BCUT2D eigenvalue weighted by atomic mass is 10.0. The molecule has 0 bridgehead atoms. The largest absolute Gasteiger partial charge is 0.347 e. The van der Waals surface area contributed by atoms with Gasteiger partial charge in [0.25, 0.3) is 17.8 Å². The fourth-order valence-electron chi connectivity index (χ4n) is 3.15. The van der Waals surface area contributed by atoms with Gasteiger partial charge in [-0.25, -0.2) is 9.97 Å². The van der Waals surface area contributed by atoms with E-state index < -0.39 is 23.6 Å². The van der Waals surface area contributed by atoms with Gasteiger partial charge in [0.2, 0.25) is 5.78 Å². The molecular weight excluding hydrogens is 396 g/mol. The molecule has 1 fully saturated rings. The first-order chi connectivity index (χ1) is 15.0. The molecule has 1 aromatic carbocycles. The number of benzene rings is 1. The van der Waals surface area contributed by atoms with Crippen LogP contribution in [-0.2, 0) is 16.0 Å². The molecule has 0 radical (unpaired) electrons. The lowest BCUT2D eigenvalue weighted by Gasteiger charge is -2.18. The number of aryl methyl sites for hydroxylation is 1. The normalized spacial score (nSPS) is 14.0. The van der Waals surface area contributed by atoms with Crippen LogP contribution in [-0.4, -0.2) is 49.4 Å². The third-order valence-electron chi connectivity index (χ3n) is 4.85. The maximum atomic E-state index is 13.1. The van der Waals surface area contributed by atoms with Crippen molar-refractivity contribution >= 4 is 17.6 Å². The molecule has 1 atom stereocenters. The number of rotatable bonds is 8. The van der Waals surface area contributed by atoms with E-state index in [0.29, 0.717) is 5.69 Å². The fourth-order valence-corrected chi connectivity index (χ4v) is 3.15. The second-order valence-corrected chi connectivity index (χ2v) is 7.46. The Morgan fingerprint density at radius 2 is 1.81 bits per heavy atom. The van der Waals surface area contributed by atoms with E-state index in [-0.39, 0.29) is 24.1 Å². The Morgan fingerprint density at radius 1 is 1.10 bits per heavy atom. The molecule has 2 N–H and O–H groups in total. The predicted octanol–water partition coefficient (Wildman–Crippen LogP) is 1.16. The minimum absolute atomic E-state index is 0.0452. The van der Waals surface area contributed by atoms with Crippen LogP contribution in [0.5, 0.6) is 0 Å². The molecule has 0 saturated heterocycles. The molecule has 3 aromatic rings. The molecule has 9 nitrogen and oxygen atoms in total. The van der Waals surface area contributed by atoms with Gasteiger partial charge in [0.1, 0.15) is 11.7 Å². The summed E-state index contributed by atoms with van der Waals surface area (Å²) in [6.07, 6.45) is 5.02. The van der Waals surface area contributed by atoms with Gasteiger partial charge in [-0.3, -0.25) is 14.4 Å². The highest BCUT2D eigenvalue weighted by Gasteiger charge is 2.32. The Labute approximate surface area is 178 Å². The van der Waals surface area contributed by atoms with Crippen molar-refractivity contribution in [2.24, 2.45) is 0 Å². The number of hydrogen-bond acceptors (Lipinski definition) is 6. The number of ketones is 1. The molecule has 9 heteroatoms. The van der Waals surface area contributed by atoms with E-state index in [1.54, 1.807) is 31.5 Å². The van der Waals surface area contributed by atoms with E-state index >= 15 is 0 Å². The minimum atomic E-state index is -1.02. The summed E-state index contributed by atoms with van der Waals surface area (Å²) in [5.74, 6) is -1.66. The van der Waals surface area contributed by atoms with E-state index in [2.05, 4.69) is 25.7 Å². The minimum Gasteiger partial charge on any atom is -0.347 e. The second kappa shape index (κ2) is 8.86. The number of nitrogens with zero attached hydrogens (tertiary/aromatic N) is 4. The number of aromatic nitrogens is 4. The lowest BCUT2D eigenvalue weighted by Crippen LogP contribution is -2.49. The van der Waals surface area contributed by atoms with Crippen LogP contribution in [0, 0.1) is 6.92 Å². The van der Waals surface area contributed by atoms with E-state index in [4.69, 9.17) is 0 Å². The van der Waals surface area contributed by atoms with Crippen molar-refractivity contribution in [3.8, 4) is 5.95 Å². The number of amides is 2.